The third-order valence-corrected chi connectivity index (χ3v) is 2.99. The number of amides is 1. The van der Waals surface area contributed by atoms with E-state index in [9.17, 15) is 9.90 Å². The highest BCUT2D eigenvalue weighted by Crippen LogP contribution is 2.30. The van der Waals surface area contributed by atoms with Crippen LogP contribution in [0.1, 0.15) is 45.4 Å². The second kappa shape index (κ2) is 5.88. The second-order valence-corrected chi connectivity index (χ2v) is 5.85. The number of fused-ring (bicyclic) bond motifs is 1. The zero-order valence-electron chi connectivity index (χ0n) is 11.4. The van der Waals surface area contributed by atoms with Gasteiger partial charge in [0.1, 0.15) is 13.4 Å². The van der Waals surface area contributed by atoms with Crippen LogP contribution in [-0.2, 0) is 11.2 Å². The van der Waals surface area contributed by atoms with Crippen molar-refractivity contribution in [1.29, 1.82) is 0 Å². The van der Waals surface area contributed by atoms with Crippen LogP contribution in [0.25, 0.3) is 0 Å². The number of rotatable bonds is 1. The Morgan fingerprint density at radius 2 is 2.10 bits per heavy atom. The van der Waals surface area contributed by atoms with Crippen molar-refractivity contribution in [3.63, 3.8) is 0 Å². The van der Waals surface area contributed by atoms with Gasteiger partial charge in [-0.3, -0.25) is 0 Å². The van der Waals surface area contributed by atoms with Crippen molar-refractivity contribution in [3.05, 3.63) is 29.3 Å². The predicted molar refractivity (Wildman–Crippen MR) is 80.4 cm³/mol. The van der Waals surface area contributed by atoms with Crippen LogP contribution >= 0.6 is 0 Å². The molecule has 0 saturated heterocycles. The van der Waals surface area contributed by atoms with Crippen molar-refractivity contribution in [2.24, 2.45) is 0 Å². The molecule has 4 nitrogen and oxygen atoms in total. The Kier molecular flexibility index (Phi) is 4.87. The smallest absolute Gasteiger partial charge is 0.408 e. The average Bonchev–Trinajstić information content (AvgIpc) is 2.51. The van der Waals surface area contributed by atoms with E-state index >= 15 is 0 Å². The van der Waals surface area contributed by atoms with E-state index in [-0.39, 0.29) is 7.43 Å². The fourth-order valence-electron chi connectivity index (χ4n) is 2.26. The first-order chi connectivity index (χ1) is 8.76. The van der Waals surface area contributed by atoms with E-state index in [1.54, 1.807) is 26.8 Å². The Morgan fingerprint density at radius 1 is 1.45 bits per heavy atom. The molecule has 2 unspecified atom stereocenters. The molecule has 1 aromatic carbocycles. The number of alkyl carbamates (subject to hydrolysis) is 1. The normalized spacial score (nSPS) is 20.8. The minimum absolute atomic E-state index is 0. The molecule has 20 heavy (non-hydrogen) atoms. The fourth-order valence-corrected chi connectivity index (χ4v) is 2.26. The number of ether oxygens (including phenoxy) is 1. The van der Waals surface area contributed by atoms with Gasteiger partial charge in [0.05, 0.1) is 12.1 Å². The van der Waals surface area contributed by atoms with Gasteiger partial charge in [-0.1, -0.05) is 31.1 Å². The molecule has 0 heterocycles. The maximum Gasteiger partial charge on any atom is 0.408 e. The lowest BCUT2D eigenvalue weighted by Crippen LogP contribution is -2.38. The molecule has 0 spiro atoms. The lowest BCUT2D eigenvalue weighted by molar-refractivity contribution is 0.0438. The summed E-state index contributed by atoms with van der Waals surface area (Å²) >= 11 is 0. The molecule has 0 bridgehead atoms. The molecule has 1 amide bonds. The number of carbonyl (C=O) groups excluding carboxylic acids is 1. The van der Waals surface area contributed by atoms with E-state index in [0.717, 1.165) is 11.1 Å². The van der Waals surface area contributed by atoms with Crippen LogP contribution in [0.3, 0.4) is 0 Å². The monoisotopic (exact) mass is 275 g/mol. The van der Waals surface area contributed by atoms with Crippen LogP contribution < -0.4 is 10.8 Å². The van der Waals surface area contributed by atoms with Crippen molar-refractivity contribution in [1.82, 2.24) is 5.32 Å². The number of carbonyl (C=O) groups is 1. The van der Waals surface area contributed by atoms with Gasteiger partial charge >= 0.3 is 6.09 Å². The summed E-state index contributed by atoms with van der Waals surface area (Å²) in [6.07, 6.45) is -0.688. The predicted octanol–water partition coefficient (Wildman–Crippen LogP) is 1.60. The summed E-state index contributed by atoms with van der Waals surface area (Å²) < 4.78 is 5.20. The maximum atomic E-state index is 11.8. The molecule has 5 heteroatoms. The number of hydrogen-bond donors (Lipinski definition) is 2. The summed E-state index contributed by atoms with van der Waals surface area (Å²) in [5.74, 6) is 0. The molecule has 2 N–H and O–H groups in total. The van der Waals surface area contributed by atoms with Gasteiger partial charge in [0.25, 0.3) is 0 Å². The van der Waals surface area contributed by atoms with Gasteiger partial charge in [-0.2, -0.15) is 0 Å². The molecule has 0 saturated carbocycles. The lowest BCUT2D eigenvalue weighted by atomic mass is 9.92. The minimum atomic E-state index is -0.649. The molecule has 0 aromatic heterocycles. The number of aliphatic hydroxyl groups excluding tert-OH is 1. The Balaban J connectivity index is 0.00000200. The van der Waals surface area contributed by atoms with E-state index in [2.05, 4.69) is 5.32 Å². The van der Waals surface area contributed by atoms with Crippen LogP contribution in [0.15, 0.2) is 18.2 Å². The van der Waals surface area contributed by atoms with Crippen LogP contribution in [0, 0.1) is 0 Å². The van der Waals surface area contributed by atoms with Crippen molar-refractivity contribution < 1.29 is 14.6 Å². The summed E-state index contributed by atoms with van der Waals surface area (Å²) in [5, 5.41) is 12.7. The quantitative estimate of drug-likeness (QED) is 0.765. The van der Waals surface area contributed by atoms with Gasteiger partial charge in [-0.15, -0.1) is 0 Å². The van der Waals surface area contributed by atoms with E-state index in [1.807, 2.05) is 12.1 Å². The van der Waals surface area contributed by atoms with E-state index in [0.29, 0.717) is 11.9 Å². The Bertz CT molecular complexity index is 496. The second-order valence-electron chi connectivity index (χ2n) is 5.85. The van der Waals surface area contributed by atoms with Crippen molar-refractivity contribution in [2.75, 3.05) is 0 Å². The van der Waals surface area contributed by atoms with Crippen LogP contribution in [-0.4, -0.2) is 30.8 Å². The highest BCUT2D eigenvalue weighted by Gasteiger charge is 2.33. The molecule has 2 rings (SSSR count). The van der Waals surface area contributed by atoms with Crippen LogP contribution in [0.5, 0.6) is 0 Å². The van der Waals surface area contributed by atoms with Gasteiger partial charge in [0.2, 0.25) is 0 Å². The first-order valence-electron chi connectivity index (χ1n) is 6.32. The van der Waals surface area contributed by atoms with E-state index in [1.165, 1.54) is 0 Å². The molecule has 1 aliphatic rings. The van der Waals surface area contributed by atoms with Crippen molar-refractivity contribution in [2.45, 2.75) is 52.4 Å². The number of nitrogens with one attached hydrogen (secondary N) is 1. The number of hydrogen-bond acceptors (Lipinski definition) is 3. The molecule has 0 fully saturated rings. The average molecular weight is 275 g/mol. The minimum Gasteiger partial charge on any atom is -0.444 e. The standard InChI is InChI=1S/C14H18BNO3.CH4/c1-14(2,3)19-13(18)16-12-10-5-4-9(15)6-8(10)7-11(12)17;/h4-6,11-12,17H,7H2,1-3H3,(H,16,18);1H4. The molecule has 1 aromatic rings. The molecular formula is C15H22BNO3. The SMILES string of the molecule is C.[B]c1ccc2c(c1)CC(O)C2NC(=O)OC(C)(C)C. The zero-order valence-corrected chi connectivity index (χ0v) is 11.4. The first-order valence-corrected chi connectivity index (χ1v) is 6.32. The number of benzene rings is 1. The Labute approximate surface area is 121 Å². The van der Waals surface area contributed by atoms with Crippen molar-refractivity contribution >= 4 is 19.4 Å². The van der Waals surface area contributed by atoms with E-state index in [4.69, 9.17) is 12.6 Å². The fraction of sp³-hybridized carbons (Fsp3) is 0.533. The van der Waals surface area contributed by atoms with Gasteiger partial charge in [0.15, 0.2) is 0 Å². The summed E-state index contributed by atoms with van der Waals surface area (Å²) in [7, 11) is 5.71. The third kappa shape index (κ3) is 3.76. The summed E-state index contributed by atoms with van der Waals surface area (Å²) in [6.45, 7) is 5.39. The Morgan fingerprint density at radius 3 is 2.70 bits per heavy atom. The maximum absolute atomic E-state index is 11.8. The van der Waals surface area contributed by atoms with Gasteiger partial charge in [-0.25, -0.2) is 4.79 Å². The summed E-state index contributed by atoms with van der Waals surface area (Å²) in [6, 6.07) is 4.99. The van der Waals surface area contributed by atoms with E-state index < -0.39 is 23.8 Å². The zero-order chi connectivity index (χ0) is 14.2. The van der Waals surface area contributed by atoms with Gasteiger partial charge in [0, 0.05) is 6.42 Å². The highest BCUT2D eigenvalue weighted by atomic mass is 16.6. The van der Waals surface area contributed by atoms with Gasteiger partial charge in [-0.05, 0) is 31.9 Å². The number of aliphatic hydroxyl groups is 1. The molecule has 108 valence electrons. The lowest BCUT2D eigenvalue weighted by Gasteiger charge is -2.23. The summed E-state index contributed by atoms with van der Waals surface area (Å²) in [4.78, 5) is 11.8. The van der Waals surface area contributed by atoms with Crippen molar-refractivity contribution in [3.8, 4) is 0 Å². The summed E-state index contributed by atoms with van der Waals surface area (Å²) in [5.41, 5.74) is 1.96. The van der Waals surface area contributed by atoms with Crippen LogP contribution in [0.2, 0.25) is 0 Å². The molecule has 2 radical (unpaired) electrons. The van der Waals surface area contributed by atoms with Crippen LogP contribution in [0.4, 0.5) is 4.79 Å². The molecule has 0 aliphatic heterocycles. The molecule has 1 aliphatic carbocycles. The van der Waals surface area contributed by atoms with Gasteiger partial charge < -0.3 is 15.2 Å². The first kappa shape index (κ1) is 16.6. The molecule has 2 atom stereocenters. The highest BCUT2D eigenvalue weighted by molar-refractivity contribution is 6.32. The molecular weight excluding hydrogens is 253 g/mol. The topological polar surface area (TPSA) is 58.6 Å². The third-order valence-electron chi connectivity index (χ3n) is 2.99. The Hall–Kier alpha value is -1.49. The largest absolute Gasteiger partial charge is 0.444 e.